The van der Waals surface area contributed by atoms with E-state index in [1.54, 1.807) is 21.1 Å². The minimum Gasteiger partial charge on any atom is -0.329 e. The molecule has 2 fully saturated rings. The Hall–Kier alpha value is -1.36. The fourth-order valence-corrected chi connectivity index (χ4v) is 3.74. The van der Waals surface area contributed by atoms with Crippen molar-refractivity contribution in [3.05, 3.63) is 22.4 Å². The Balaban J connectivity index is 1.73. The van der Waals surface area contributed by atoms with Crippen LogP contribution in [0.2, 0.25) is 0 Å². The van der Waals surface area contributed by atoms with E-state index in [-0.39, 0.29) is 30.4 Å². The number of hydrogen-bond acceptors (Lipinski definition) is 3. The number of fused-ring (bicyclic) bond motifs is 1. The van der Waals surface area contributed by atoms with Crippen molar-refractivity contribution in [3.8, 4) is 0 Å². The van der Waals surface area contributed by atoms with Gasteiger partial charge in [0.15, 0.2) is 0 Å². The van der Waals surface area contributed by atoms with Gasteiger partial charge in [0.2, 0.25) is 11.8 Å². The molecule has 0 saturated carbocycles. The van der Waals surface area contributed by atoms with E-state index in [0.717, 1.165) is 25.8 Å². The van der Waals surface area contributed by atoms with Crippen molar-refractivity contribution in [3.63, 3.8) is 0 Å². The fraction of sp³-hybridized carbons (Fsp3) is 0.571. The highest BCUT2D eigenvalue weighted by Gasteiger charge is 2.43. The first kappa shape index (κ1) is 12.7. The average Bonchev–Trinajstić information content (AvgIpc) is 3.03. The zero-order valence-corrected chi connectivity index (χ0v) is 11.9. The Morgan fingerprint density at radius 2 is 2.32 bits per heavy atom. The van der Waals surface area contributed by atoms with Crippen LogP contribution in [0.3, 0.4) is 0 Å². The number of thiophene rings is 1. The van der Waals surface area contributed by atoms with Crippen LogP contribution in [0.5, 0.6) is 0 Å². The van der Waals surface area contributed by atoms with E-state index in [2.05, 4.69) is 11.4 Å². The van der Waals surface area contributed by atoms with Crippen LogP contribution in [0.25, 0.3) is 0 Å². The van der Waals surface area contributed by atoms with Gasteiger partial charge < -0.3 is 9.80 Å². The smallest absolute Gasteiger partial charge is 0.246 e. The molecule has 1 aromatic rings. The molecule has 3 rings (SSSR count). The maximum Gasteiger partial charge on any atom is 0.246 e. The lowest BCUT2D eigenvalue weighted by molar-refractivity contribution is -0.155. The minimum absolute atomic E-state index is 0.0915. The molecule has 2 aliphatic heterocycles. The maximum absolute atomic E-state index is 12.5. The standard InChI is InChI=1S/C14H18N2O2S/c1-10(7-11-4-6-19-9-11)16-8-13(17)15-5-2-3-12(15)14(16)18/h4,6,9-10,12H,2-3,5,7-8H2,1H3. The highest BCUT2D eigenvalue weighted by atomic mass is 32.1. The second-order valence-corrected chi connectivity index (χ2v) is 6.18. The second-order valence-electron chi connectivity index (χ2n) is 5.40. The van der Waals surface area contributed by atoms with Crippen LogP contribution in [-0.2, 0) is 16.0 Å². The molecule has 3 heterocycles. The van der Waals surface area contributed by atoms with Crippen LogP contribution in [-0.4, -0.2) is 46.8 Å². The number of nitrogens with zero attached hydrogens (tertiary/aromatic N) is 2. The third-order valence-corrected chi connectivity index (χ3v) is 4.82. The van der Waals surface area contributed by atoms with Crippen molar-refractivity contribution in [2.45, 2.75) is 38.3 Å². The molecule has 102 valence electrons. The van der Waals surface area contributed by atoms with Crippen LogP contribution >= 0.6 is 11.3 Å². The molecule has 0 aromatic carbocycles. The molecule has 4 nitrogen and oxygen atoms in total. The van der Waals surface area contributed by atoms with E-state index in [0.29, 0.717) is 0 Å². The highest BCUT2D eigenvalue weighted by Crippen LogP contribution is 2.25. The maximum atomic E-state index is 12.5. The Labute approximate surface area is 117 Å². The van der Waals surface area contributed by atoms with Gasteiger partial charge in [0.1, 0.15) is 12.6 Å². The van der Waals surface area contributed by atoms with Gasteiger partial charge in [-0.25, -0.2) is 0 Å². The van der Waals surface area contributed by atoms with E-state index < -0.39 is 0 Å². The lowest BCUT2D eigenvalue weighted by Gasteiger charge is -2.39. The molecular weight excluding hydrogens is 260 g/mol. The van der Waals surface area contributed by atoms with E-state index in [4.69, 9.17) is 0 Å². The number of amides is 2. The summed E-state index contributed by atoms with van der Waals surface area (Å²) in [6.45, 7) is 3.04. The molecule has 2 amide bonds. The van der Waals surface area contributed by atoms with Gasteiger partial charge in [-0.2, -0.15) is 11.3 Å². The number of carbonyl (C=O) groups is 2. The molecule has 0 N–H and O–H groups in total. The summed E-state index contributed by atoms with van der Waals surface area (Å²) >= 11 is 1.67. The van der Waals surface area contributed by atoms with Gasteiger partial charge in [0.05, 0.1) is 0 Å². The molecule has 2 saturated heterocycles. The summed E-state index contributed by atoms with van der Waals surface area (Å²) in [6, 6.07) is 1.99. The zero-order valence-electron chi connectivity index (χ0n) is 11.0. The van der Waals surface area contributed by atoms with Crippen molar-refractivity contribution in [1.29, 1.82) is 0 Å². The van der Waals surface area contributed by atoms with Gasteiger partial charge in [-0.1, -0.05) is 0 Å². The third-order valence-electron chi connectivity index (χ3n) is 4.09. The SMILES string of the molecule is CC(Cc1ccsc1)N1CC(=O)N2CCCC2C1=O. The first-order chi connectivity index (χ1) is 9.16. The predicted octanol–water partition coefficient (Wildman–Crippen LogP) is 1.51. The van der Waals surface area contributed by atoms with E-state index in [1.165, 1.54) is 5.56 Å². The lowest BCUT2D eigenvalue weighted by atomic mass is 10.0. The largest absolute Gasteiger partial charge is 0.329 e. The topological polar surface area (TPSA) is 40.6 Å². The zero-order chi connectivity index (χ0) is 13.4. The molecule has 0 aliphatic carbocycles. The summed E-state index contributed by atoms with van der Waals surface area (Å²) in [5, 5.41) is 4.15. The summed E-state index contributed by atoms with van der Waals surface area (Å²) in [6.07, 6.45) is 2.61. The summed E-state index contributed by atoms with van der Waals surface area (Å²) < 4.78 is 0. The molecule has 2 unspecified atom stereocenters. The molecule has 2 aliphatic rings. The number of carbonyl (C=O) groups excluding carboxylic acids is 2. The third kappa shape index (κ3) is 2.27. The van der Waals surface area contributed by atoms with Crippen molar-refractivity contribution < 1.29 is 9.59 Å². The molecule has 5 heteroatoms. The summed E-state index contributed by atoms with van der Waals surface area (Å²) in [5.74, 6) is 0.249. The van der Waals surface area contributed by atoms with E-state index >= 15 is 0 Å². The fourth-order valence-electron chi connectivity index (χ4n) is 3.06. The summed E-state index contributed by atoms with van der Waals surface area (Å²) in [5.41, 5.74) is 1.24. The first-order valence-electron chi connectivity index (χ1n) is 6.78. The number of rotatable bonds is 3. The quantitative estimate of drug-likeness (QED) is 0.841. The van der Waals surface area contributed by atoms with Gasteiger partial charge in [-0.05, 0) is 48.6 Å². The number of hydrogen-bond donors (Lipinski definition) is 0. The lowest BCUT2D eigenvalue weighted by Crippen LogP contribution is -2.59. The Morgan fingerprint density at radius 1 is 1.47 bits per heavy atom. The van der Waals surface area contributed by atoms with Crippen molar-refractivity contribution >= 4 is 23.2 Å². The Kier molecular flexibility index (Phi) is 3.31. The van der Waals surface area contributed by atoms with Crippen LogP contribution in [0.4, 0.5) is 0 Å². The number of piperazine rings is 1. The summed E-state index contributed by atoms with van der Waals surface area (Å²) in [4.78, 5) is 28.1. The Bertz CT molecular complexity index is 486. The first-order valence-corrected chi connectivity index (χ1v) is 7.72. The van der Waals surface area contributed by atoms with Crippen molar-refractivity contribution in [2.75, 3.05) is 13.1 Å². The van der Waals surface area contributed by atoms with Crippen molar-refractivity contribution in [1.82, 2.24) is 9.80 Å². The average molecular weight is 278 g/mol. The second kappa shape index (κ2) is 4.96. The predicted molar refractivity (Wildman–Crippen MR) is 73.9 cm³/mol. The van der Waals surface area contributed by atoms with Gasteiger partial charge in [0, 0.05) is 12.6 Å². The monoisotopic (exact) mass is 278 g/mol. The van der Waals surface area contributed by atoms with Crippen LogP contribution in [0.15, 0.2) is 16.8 Å². The summed E-state index contributed by atoms with van der Waals surface area (Å²) in [7, 11) is 0. The molecule has 0 radical (unpaired) electrons. The van der Waals surface area contributed by atoms with Gasteiger partial charge in [-0.3, -0.25) is 9.59 Å². The van der Waals surface area contributed by atoms with Crippen molar-refractivity contribution in [2.24, 2.45) is 0 Å². The highest BCUT2D eigenvalue weighted by molar-refractivity contribution is 7.07. The molecule has 19 heavy (non-hydrogen) atoms. The van der Waals surface area contributed by atoms with Crippen LogP contribution < -0.4 is 0 Å². The van der Waals surface area contributed by atoms with Gasteiger partial charge in [0.25, 0.3) is 0 Å². The minimum atomic E-state index is -0.189. The van der Waals surface area contributed by atoms with Crippen LogP contribution in [0.1, 0.15) is 25.3 Å². The van der Waals surface area contributed by atoms with E-state index in [1.807, 2.05) is 12.3 Å². The van der Waals surface area contributed by atoms with Crippen LogP contribution in [0, 0.1) is 0 Å². The van der Waals surface area contributed by atoms with Gasteiger partial charge in [-0.15, -0.1) is 0 Å². The normalized spacial score (nSPS) is 24.8. The van der Waals surface area contributed by atoms with E-state index in [9.17, 15) is 9.59 Å². The molecular formula is C14H18N2O2S. The van der Waals surface area contributed by atoms with Gasteiger partial charge >= 0.3 is 0 Å². The molecule has 1 aromatic heterocycles. The molecule has 0 bridgehead atoms. The Morgan fingerprint density at radius 3 is 3.05 bits per heavy atom. The molecule has 0 spiro atoms. The molecule has 2 atom stereocenters.